The number of rotatable bonds is 11. The van der Waals surface area contributed by atoms with Crippen LogP contribution in [-0.2, 0) is 25.9 Å². The summed E-state index contributed by atoms with van der Waals surface area (Å²) in [5.74, 6) is 2.29. The van der Waals surface area contributed by atoms with E-state index in [9.17, 15) is 18.4 Å². The van der Waals surface area contributed by atoms with Crippen molar-refractivity contribution in [3.05, 3.63) is 129 Å². The molecular weight excluding hydrogens is 817 g/mol. The molecule has 0 unspecified atom stereocenters. The van der Waals surface area contributed by atoms with Crippen molar-refractivity contribution >= 4 is 67.9 Å². The number of hydrogen-bond acceptors (Lipinski definition) is 9. The zero-order chi connectivity index (χ0) is 43.4. The normalized spacial score (nSPS) is 18.5. The number of benzene rings is 4. The Morgan fingerprint density at radius 3 is 1.90 bits per heavy atom. The van der Waals surface area contributed by atoms with Gasteiger partial charge < -0.3 is 20.1 Å². The van der Waals surface area contributed by atoms with Gasteiger partial charge in [-0.3, -0.25) is 18.7 Å². The Bertz CT molecular complexity index is 2790. The number of aliphatic imine (C=N–C) groups is 1. The number of fused-ring (bicyclic) bond motifs is 4. The molecule has 3 fully saturated rings. The average Bonchev–Trinajstić information content (AvgIpc) is 3.24. The van der Waals surface area contributed by atoms with E-state index in [1.54, 1.807) is 48.5 Å². The van der Waals surface area contributed by atoms with Crippen molar-refractivity contribution in [2.45, 2.75) is 65.6 Å². The number of hydrogen-bond donors (Lipinski definition) is 2. The maximum absolute atomic E-state index is 14.3. The first-order chi connectivity index (χ1) is 29.3. The molecule has 2 N–H and O–H groups in total. The topological polar surface area (TPSA) is 125 Å². The van der Waals surface area contributed by atoms with Gasteiger partial charge in [-0.05, 0) is 133 Å². The average molecular weight is 864 g/mol. The van der Waals surface area contributed by atoms with Gasteiger partial charge in [0.25, 0.3) is 11.1 Å². The van der Waals surface area contributed by atoms with Crippen LogP contribution in [0.2, 0.25) is 0 Å². The molecule has 2 heterocycles. The second-order valence-electron chi connectivity index (χ2n) is 16.2. The molecule has 0 saturated heterocycles. The summed E-state index contributed by atoms with van der Waals surface area (Å²) in [6, 6.07) is 20.2. The van der Waals surface area contributed by atoms with Crippen LogP contribution in [0.25, 0.3) is 21.8 Å². The fourth-order valence-electron chi connectivity index (χ4n) is 8.70. The number of isothiocyanates is 1. The molecule has 9 rings (SSSR count). The van der Waals surface area contributed by atoms with Crippen molar-refractivity contribution in [2.75, 3.05) is 19.5 Å². The highest BCUT2D eigenvalue weighted by atomic mass is 32.1. The van der Waals surface area contributed by atoms with Gasteiger partial charge in [-0.15, -0.1) is 0 Å². The number of thiocarbonyl (C=S) groups is 2. The SMILES string of the molecule is COc1ccc(CCn2cnc3cc(N=C=S)ccc3c2=O)c(F)c1.COc1ccc(CCn2cnc3cc(NC(=S)N[C@H]4C[C@H]5C[C@@H]([C@@H]4C)C5(C)C)ccc3c2=O)c(F)c1. The van der Waals surface area contributed by atoms with Gasteiger partial charge in [-0.25, -0.2) is 18.7 Å². The van der Waals surface area contributed by atoms with E-state index >= 15 is 0 Å². The lowest BCUT2D eigenvalue weighted by Crippen LogP contribution is -2.61. The third-order valence-electron chi connectivity index (χ3n) is 12.5. The smallest absolute Gasteiger partial charge is 0.261 e. The molecule has 0 radical (unpaired) electrons. The molecule has 6 aromatic rings. The lowest BCUT2D eigenvalue weighted by molar-refractivity contribution is -0.111. The second kappa shape index (κ2) is 18.4. The Morgan fingerprint density at radius 1 is 0.836 bits per heavy atom. The zero-order valence-electron chi connectivity index (χ0n) is 34.6. The highest BCUT2D eigenvalue weighted by Crippen LogP contribution is 2.61. The molecular formula is C46H47F2N7O4S2. The molecule has 3 aliphatic rings. The minimum Gasteiger partial charge on any atom is -0.497 e. The van der Waals surface area contributed by atoms with Crippen LogP contribution < -0.4 is 31.2 Å². The molecule has 0 aliphatic heterocycles. The minimum absolute atomic E-state index is 0.154. The van der Waals surface area contributed by atoms with E-state index in [1.807, 2.05) is 12.1 Å². The molecule has 4 atom stereocenters. The summed E-state index contributed by atoms with van der Waals surface area (Å²) in [7, 11) is 2.98. The molecule has 3 saturated carbocycles. The van der Waals surface area contributed by atoms with E-state index in [4.69, 9.17) is 21.7 Å². The van der Waals surface area contributed by atoms with E-state index in [1.165, 1.54) is 54.6 Å². The number of aryl methyl sites for hydroxylation is 4. The van der Waals surface area contributed by atoms with E-state index in [-0.39, 0.29) is 22.8 Å². The van der Waals surface area contributed by atoms with Crippen molar-refractivity contribution < 1.29 is 18.3 Å². The number of aromatic nitrogens is 4. The van der Waals surface area contributed by atoms with Crippen LogP contribution in [0, 0.1) is 34.8 Å². The minimum atomic E-state index is -0.358. The van der Waals surface area contributed by atoms with Crippen molar-refractivity contribution in [3.8, 4) is 11.5 Å². The standard InChI is InChI=1S/C28H33FN4O2S.C18H14FN3O2S/c1-16-22-11-18(28(22,2)3)12-24(16)32-27(36)31-19-6-8-21-25(13-19)30-15-33(26(21)34)10-9-17-5-7-20(35-4)14-23(17)29;1-24-14-4-2-12(16(19)9-14)6-7-22-10-20-17-8-13(21-11-25)3-5-15(17)18(22)23/h5-8,13-16,18,22,24H,9-12H2,1-4H3,(H2,31,32,36);2-5,8-10H,6-7H2,1H3/t16-,18+,22-,24-;/m0./s1. The molecule has 316 valence electrons. The van der Waals surface area contributed by atoms with Gasteiger partial charge in [0.2, 0.25) is 0 Å². The fourth-order valence-corrected chi connectivity index (χ4v) is 9.07. The molecule has 3 aliphatic carbocycles. The molecule has 11 nitrogen and oxygen atoms in total. The first-order valence-electron chi connectivity index (χ1n) is 20.1. The van der Waals surface area contributed by atoms with Gasteiger partial charge in [-0.2, -0.15) is 4.99 Å². The van der Waals surface area contributed by atoms with Crippen LogP contribution in [0.15, 0.2) is 100 Å². The highest BCUT2D eigenvalue weighted by Gasteiger charge is 2.56. The van der Waals surface area contributed by atoms with Crippen LogP contribution in [-0.4, -0.2) is 49.6 Å². The summed E-state index contributed by atoms with van der Waals surface area (Å²) < 4.78 is 41.3. The molecule has 0 spiro atoms. The predicted octanol–water partition coefficient (Wildman–Crippen LogP) is 8.67. The highest BCUT2D eigenvalue weighted by molar-refractivity contribution is 7.80. The second-order valence-corrected chi connectivity index (χ2v) is 16.8. The monoisotopic (exact) mass is 863 g/mol. The summed E-state index contributed by atoms with van der Waals surface area (Å²) in [5, 5.41) is 10.7. The summed E-state index contributed by atoms with van der Waals surface area (Å²) >= 11 is 10.2. The maximum Gasteiger partial charge on any atom is 0.261 e. The van der Waals surface area contributed by atoms with Crippen LogP contribution >= 0.6 is 24.4 Å². The Labute approximate surface area is 362 Å². The van der Waals surface area contributed by atoms with Crippen LogP contribution in [0.5, 0.6) is 11.5 Å². The number of halogens is 2. The summed E-state index contributed by atoms with van der Waals surface area (Å²) in [6.07, 6.45) is 6.19. The fraction of sp³-hybridized carbons (Fsp3) is 0.348. The van der Waals surface area contributed by atoms with Gasteiger partial charge in [0.1, 0.15) is 23.1 Å². The lowest BCUT2D eigenvalue weighted by Gasteiger charge is -2.62. The molecule has 2 bridgehead atoms. The van der Waals surface area contributed by atoms with E-state index in [2.05, 4.69) is 63.7 Å². The molecule has 4 aromatic carbocycles. The summed E-state index contributed by atoms with van der Waals surface area (Å²) in [5.41, 5.74) is 3.64. The quantitative estimate of drug-likeness (QED) is 0.0967. The maximum atomic E-state index is 14.3. The van der Waals surface area contributed by atoms with Gasteiger partial charge in [-0.1, -0.05) is 32.9 Å². The number of methoxy groups -OCH3 is 2. The number of nitrogens with zero attached hydrogens (tertiary/aromatic N) is 5. The van der Waals surface area contributed by atoms with Gasteiger partial charge in [0.05, 0.1) is 59.5 Å². The van der Waals surface area contributed by atoms with E-state index < -0.39 is 0 Å². The Hall–Kier alpha value is -5.89. The number of anilines is 1. The first-order valence-corrected chi connectivity index (χ1v) is 20.9. The summed E-state index contributed by atoms with van der Waals surface area (Å²) in [6.45, 7) is 7.77. The van der Waals surface area contributed by atoms with Gasteiger partial charge in [0.15, 0.2) is 5.11 Å². The van der Waals surface area contributed by atoms with Crippen molar-refractivity contribution in [2.24, 2.45) is 28.2 Å². The van der Waals surface area contributed by atoms with Crippen molar-refractivity contribution in [1.29, 1.82) is 0 Å². The van der Waals surface area contributed by atoms with Crippen LogP contribution in [0.1, 0.15) is 44.7 Å². The van der Waals surface area contributed by atoms with Gasteiger partial charge in [0, 0.05) is 37.0 Å². The Balaban J connectivity index is 0.000000197. The number of nitrogens with one attached hydrogen (secondary N) is 2. The number of ether oxygens (including phenoxy) is 2. The Kier molecular flexibility index (Phi) is 13.0. The lowest BCUT2D eigenvalue weighted by atomic mass is 9.45. The third-order valence-corrected chi connectivity index (χ3v) is 12.8. The van der Waals surface area contributed by atoms with Gasteiger partial charge >= 0.3 is 0 Å². The molecule has 15 heteroatoms. The van der Waals surface area contributed by atoms with Crippen LogP contribution in [0.3, 0.4) is 0 Å². The Morgan fingerprint density at radius 2 is 1.39 bits per heavy atom. The molecule has 2 aromatic heterocycles. The zero-order valence-corrected chi connectivity index (χ0v) is 36.2. The van der Waals surface area contributed by atoms with Crippen LogP contribution in [0.4, 0.5) is 20.2 Å². The van der Waals surface area contributed by atoms with Crippen molar-refractivity contribution in [3.63, 3.8) is 0 Å². The van der Waals surface area contributed by atoms with Crippen molar-refractivity contribution in [1.82, 2.24) is 24.4 Å². The first kappa shape index (κ1) is 43.2. The van der Waals surface area contributed by atoms with E-state index in [0.717, 1.165) is 23.9 Å². The largest absolute Gasteiger partial charge is 0.497 e. The molecule has 61 heavy (non-hydrogen) atoms. The van der Waals surface area contributed by atoms with E-state index in [0.29, 0.717) is 98.5 Å². The predicted molar refractivity (Wildman–Crippen MR) is 242 cm³/mol. The summed E-state index contributed by atoms with van der Waals surface area (Å²) in [4.78, 5) is 38.2. The molecule has 0 amide bonds. The third kappa shape index (κ3) is 9.39.